The Labute approximate surface area is 177 Å². The highest BCUT2D eigenvalue weighted by atomic mass is 32.2. The van der Waals surface area contributed by atoms with Crippen molar-refractivity contribution in [3.63, 3.8) is 0 Å². The largest absolute Gasteiger partial charge is 0.495 e. The number of nitro groups is 1. The monoisotopic (exact) mass is 439 g/mol. The lowest BCUT2D eigenvalue weighted by atomic mass is 9.97. The zero-order valence-corrected chi connectivity index (χ0v) is 18.2. The van der Waals surface area contributed by atoms with Crippen molar-refractivity contribution in [2.75, 3.05) is 30.8 Å². The molecule has 0 heterocycles. The average molecular weight is 440 g/mol. The van der Waals surface area contributed by atoms with Crippen LogP contribution in [0.3, 0.4) is 0 Å². The molecule has 1 amide bonds. The number of anilines is 1. The van der Waals surface area contributed by atoms with Crippen LogP contribution in [0.5, 0.6) is 5.75 Å². The van der Waals surface area contributed by atoms with Crippen LogP contribution in [-0.2, 0) is 14.8 Å². The van der Waals surface area contributed by atoms with Crippen molar-refractivity contribution in [2.24, 2.45) is 0 Å². The highest BCUT2D eigenvalue weighted by Crippen LogP contribution is 2.33. The Hall–Kier alpha value is -2.62. The molecule has 2 rings (SSSR count). The van der Waals surface area contributed by atoms with Crippen LogP contribution in [0.15, 0.2) is 29.8 Å². The Morgan fingerprint density at radius 2 is 2.10 bits per heavy atom. The lowest BCUT2D eigenvalue weighted by Gasteiger charge is -2.24. The van der Waals surface area contributed by atoms with Crippen LogP contribution in [0.1, 0.15) is 44.9 Å². The molecule has 0 saturated heterocycles. The number of sulfonamides is 1. The predicted octanol–water partition coefficient (Wildman–Crippen LogP) is 3.16. The highest BCUT2D eigenvalue weighted by Gasteiger charge is 2.24. The van der Waals surface area contributed by atoms with Gasteiger partial charge in [-0.2, -0.15) is 0 Å². The summed E-state index contributed by atoms with van der Waals surface area (Å²) in [6.07, 6.45) is 9.14. The lowest BCUT2D eigenvalue weighted by molar-refractivity contribution is -0.384. The Balaban J connectivity index is 1.96. The molecule has 1 aliphatic carbocycles. The Morgan fingerprint density at radius 3 is 2.70 bits per heavy atom. The van der Waals surface area contributed by atoms with Crippen molar-refractivity contribution < 1.29 is 22.9 Å². The number of nitro benzene ring substituents is 1. The Morgan fingerprint density at radius 1 is 1.33 bits per heavy atom. The van der Waals surface area contributed by atoms with Gasteiger partial charge in [-0.05, 0) is 44.6 Å². The van der Waals surface area contributed by atoms with Gasteiger partial charge in [-0.1, -0.05) is 11.6 Å². The van der Waals surface area contributed by atoms with Crippen molar-refractivity contribution in [3.05, 3.63) is 40.0 Å². The molecule has 10 heteroatoms. The van der Waals surface area contributed by atoms with E-state index in [9.17, 15) is 23.3 Å². The maximum atomic E-state index is 12.3. The molecule has 1 N–H and O–H groups in total. The summed E-state index contributed by atoms with van der Waals surface area (Å²) in [7, 11) is -2.37. The van der Waals surface area contributed by atoms with E-state index in [4.69, 9.17) is 4.74 Å². The van der Waals surface area contributed by atoms with E-state index < -0.39 is 14.9 Å². The summed E-state index contributed by atoms with van der Waals surface area (Å²) in [6, 6.07) is 3.77. The molecule has 0 atom stereocenters. The molecule has 0 radical (unpaired) electrons. The van der Waals surface area contributed by atoms with Crippen LogP contribution in [0.4, 0.5) is 11.4 Å². The van der Waals surface area contributed by atoms with Crippen molar-refractivity contribution in [3.8, 4) is 5.75 Å². The summed E-state index contributed by atoms with van der Waals surface area (Å²) in [4.78, 5) is 22.6. The van der Waals surface area contributed by atoms with Crippen molar-refractivity contribution in [1.82, 2.24) is 5.32 Å². The fourth-order valence-electron chi connectivity index (χ4n) is 3.42. The minimum absolute atomic E-state index is 0.00886. The van der Waals surface area contributed by atoms with E-state index in [0.29, 0.717) is 6.54 Å². The Kier molecular flexibility index (Phi) is 8.64. The van der Waals surface area contributed by atoms with Crippen LogP contribution in [0.2, 0.25) is 0 Å². The van der Waals surface area contributed by atoms with Gasteiger partial charge in [0, 0.05) is 31.6 Å². The van der Waals surface area contributed by atoms with Crippen molar-refractivity contribution in [1.29, 1.82) is 0 Å². The van der Waals surface area contributed by atoms with E-state index in [1.54, 1.807) is 0 Å². The van der Waals surface area contributed by atoms with Crippen molar-refractivity contribution >= 4 is 27.3 Å². The summed E-state index contributed by atoms with van der Waals surface area (Å²) in [5.74, 6) is 0.0575. The number of rotatable bonds is 11. The summed E-state index contributed by atoms with van der Waals surface area (Å²) in [6.45, 7) is 0.577. The summed E-state index contributed by atoms with van der Waals surface area (Å²) in [5, 5.41) is 14.0. The van der Waals surface area contributed by atoms with Gasteiger partial charge in [-0.25, -0.2) is 8.42 Å². The molecular weight excluding hydrogens is 410 g/mol. The maximum Gasteiger partial charge on any atom is 0.271 e. The van der Waals surface area contributed by atoms with Gasteiger partial charge in [0.25, 0.3) is 5.69 Å². The molecular formula is C20H29N3O6S. The smallest absolute Gasteiger partial charge is 0.271 e. The number of methoxy groups -OCH3 is 1. The molecule has 30 heavy (non-hydrogen) atoms. The van der Waals surface area contributed by atoms with Crippen LogP contribution < -0.4 is 14.4 Å². The van der Waals surface area contributed by atoms with Gasteiger partial charge in [-0.15, -0.1) is 0 Å². The van der Waals surface area contributed by atoms with Gasteiger partial charge in [0.1, 0.15) is 11.4 Å². The van der Waals surface area contributed by atoms with E-state index in [0.717, 1.165) is 35.9 Å². The summed E-state index contributed by atoms with van der Waals surface area (Å²) >= 11 is 0. The van der Waals surface area contributed by atoms with Crippen LogP contribution >= 0.6 is 0 Å². The molecule has 0 fully saturated rings. The number of benzene rings is 1. The first kappa shape index (κ1) is 23.7. The first-order valence-electron chi connectivity index (χ1n) is 9.97. The first-order valence-corrected chi connectivity index (χ1v) is 11.8. The Bertz CT molecular complexity index is 898. The quantitative estimate of drug-likeness (QED) is 0.321. The molecule has 9 nitrogen and oxygen atoms in total. The molecule has 1 aliphatic rings. The van der Waals surface area contributed by atoms with E-state index >= 15 is 0 Å². The number of carbonyl (C=O) groups is 1. The molecule has 1 aromatic rings. The maximum absolute atomic E-state index is 12.3. The molecule has 1 aromatic carbocycles. The SMILES string of the molecule is COc1ccc([N+](=O)[O-])cc1N(CCCC(=O)NCCC1=CCCCC1)S(C)(=O)=O. The third kappa shape index (κ3) is 7.01. The van der Waals surface area contributed by atoms with E-state index in [-0.39, 0.29) is 42.4 Å². The fraction of sp³-hybridized carbons (Fsp3) is 0.550. The molecule has 166 valence electrons. The van der Waals surface area contributed by atoms with E-state index in [2.05, 4.69) is 11.4 Å². The minimum Gasteiger partial charge on any atom is -0.495 e. The fourth-order valence-corrected chi connectivity index (χ4v) is 4.38. The highest BCUT2D eigenvalue weighted by molar-refractivity contribution is 7.92. The van der Waals surface area contributed by atoms with Crippen molar-refractivity contribution in [2.45, 2.75) is 44.9 Å². The molecule has 0 saturated carbocycles. The number of hydrogen-bond donors (Lipinski definition) is 1. The minimum atomic E-state index is -3.73. The number of nitrogens with one attached hydrogen (secondary N) is 1. The number of carbonyl (C=O) groups excluding carboxylic acids is 1. The third-order valence-electron chi connectivity index (χ3n) is 4.96. The molecule has 0 aliphatic heterocycles. The van der Waals surface area contributed by atoms with Crippen LogP contribution in [0.25, 0.3) is 0 Å². The van der Waals surface area contributed by atoms with Crippen LogP contribution in [0, 0.1) is 10.1 Å². The zero-order chi connectivity index (χ0) is 22.1. The van der Waals surface area contributed by atoms with Gasteiger partial charge in [0.05, 0.1) is 18.3 Å². The number of ether oxygens (including phenoxy) is 1. The lowest BCUT2D eigenvalue weighted by Crippen LogP contribution is -2.32. The van der Waals surface area contributed by atoms with Gasteiger partial charge in [0.15, 0.2) is 0 Å². The molecule has 0 unspecified atom stereocenters. The van der Waals surface area contributed by atoms with Gasteiger partial charge >= 0.3 is 0 Å². The van der Waals surface area contributed by atoms with Crippen LogP contribution in [-0.4, -0.2) is 45.7 Å². The summed E-state index contributed by atoms with van der Waals surface area (Å²) in [5.41, 5.74) is 1.22. The predicted molar refractivity (Wildman–Crippen MR) is 115 cm³/mol. The van der Waals surface area contributed by atoms with Gasteiger partial charge in [-0.3, -0.25) is 19.2 Å². The van der Waals surface area contributed by atoms with Gasteiger partial charge < -0.3 is 10.1 Å². The number of nitrogens with zero attached hydrogens (tertiary/aromatic N) is 2. The average Bonchev–Trinajstić information content (AvgIpc) is 2.70. The second-order valence-corrected chi connectivity index (χ2v) is 9.17. The first-order chi connectivity index (χ1) is 14.2. The second-order valence-electron chi connectivity index (χ2n) is 7.26. The van der Waals surface area contributed by atoms with Gasteiger partial charge in [0.2, 0.25) is 15.9 Å². The van der Waals surface area contributed by atoms with E-state index in [1.807, 2.05) is 0 Å². The molecule has 0 spiro atoms. The normalized spacial score (nSPS) is 14.0. The number of allylic oxidation sites excluding steroid dienone is 1. The zero-order valence-electron chi connectivity index (χ0n) is 17.4. The standard InChI is InChI=1S/C20H29N3O6S/c1-29-19-11-10-17(23(25)26)15-18(19)22(30(2,27)28)14-6-9-20(24)21-13-12-16-7-4-3-5-8-16/h7,10-11,15H,3-6,8-9,12-14H2,1-2H3,(H,21,24). The molecule has 0 aromatic heterocycles. The topological polar surface area (TPSA) is 119 Å². The number of hydrogen-bond acceptors (Lipinski definition) is 6. The molecule has 0 bridgehead atoms. The number of non-ortho nitro benzene ring substituents is 1. The number of amides is 1. The summed E-state index contributed by atoms with van der Waals surface area (Å²) < 4.78 is 30.8. The van der Waals surface area contributed by atoms with E-state index in [1.165, 1.54) is 37.7 Å². The third-order valence-corrected chi connectivity index (χ3v) is 6.14. The second kappa shape index (κ2) is 11.0.